The van der Waals surface area contributed by atoms with Crippen LogP contribution in [0.1, 0.15) is 44.9 Å². The molecule has 1 N–H and O–H groups in total. The van der Waals surface area contributed by atoms with Crippen LogP contribution in [0.3, 0.4) is 0 Å². The zero-order chi connectivity index (χ0) is 15.7. The van der Waals surface area contributed by atoms with E-state index in [0.29, 0.717) is 6.04 Å². The normalized spacial score (nSPS) is 12.4. The Morgan fingerprint density at radius 2 is 2.10 bits per heavy atom. The minimum Gasteiger partial charge on any atom is -0.383 e. The van der Waals surface area contributed by atoms with E-state index in [1.165, 1.54) is 11.3 Å². The lowest BCUT2D eigenvalue weighted by Gasteiger charge is -2.30. The van der Waals surface area contributed by atoms with Gasteiger partial charge in [-0.2, -0.15) is 0 Å². The molecule has 4 heteroatoms. The Morgan fingerprint density at radius 3 is 2.67 bits per heavy atom. The second-order valence-electron chi connectivity index (χ2n) is 5.55. The molecular weight excluding hydrogens is 262 g/mol. The van der Waals surface area contributed by atoms with Gasteiger partial charge >= 0.3 is 0 Å². The van der Waals surface area contributed by atoms with E-state index in [-0.39, 0.29) is 0 Å². The summed E-state index contributed by atoms with van der Waals surface area (Å²) < 4.78 is 5.26. The van der Waals surface area contributed by atoms with E-state index in [1.54, 1.807) is 7.11 Å². The Kier molecular flexibility index (Phi) is 8.31. The van der Waals surface area contributed by atoms with Gasteiger partial charge in [-0.15, -0.1) is 0 Å². The van der Waals surface area contributed by atoms with Crippen molar-refractivity contribution in [2.45, 2.75) is 52.6 Å². The van der Waals surface area contributed by atoms with E-state index in [4.69, 9.17) is 9.72 Å². The molecule has 4 nitrogen and oxygen atoms in total. The van der Waals surface area contributed by atoms with Crippen molar-refractivity contribution in [1.29, 1.82) is 0 Å². The molecule has 1 rings (SSSR count). The van der Waals surface area contributed by atoms with Crippen LogP contribution in [0.5, 0.6) is 0 Å². The molecule has 120 valence electrons. The largest absolute Gasteiger partial charge is 0.383 e. The van der Waals surface area contributed by atoms with Gasteiger partial charge in [-0.25, -0.2) is 4.98 Å². The van der Waals surface area contributed by atoms with Crippen LogP contribution in [0, 0.1) is 0 Å². The number of hydrogen-bond acceptors (Lipinski definition) is 4. The number of aromatic nitrogens is 1. The standard InChI is InChI=1S/C17H31N3O/c1-6-8-16-11-15(13-18-4)12-17(19-16)20(9-10-21-5)14(3)7-2/h11-12,14,18H,6-10,13H2,1-5H3. The van der Waals surface area contributed by atoms with E-state index in [0.717, 1.165) is 44.8 Å². The van der Waals surface area contributed by atoms with Crippen LogP contribution in [0.4, 0.5) is 5.82 Å². The summed E-state index contributed by atoms with van der Waals surface area (Å²) in [6.07, 6.45) is 3.25. The number of anilines is 1. The molecule has 0 amide bonds. The molecular formula is C17H31N3O. The number of pyridine rings is 1. The third kappa shape index (κ3) is 5.64. The van der Waals surface area contributed by atoms with Crippen LogP contribution in [-0.4, -0.2) is 38.3 Å². The number of nitrogens with one attached hydrogen (secondary N) is 1. The average Bonchev–Trinajstić information content (AvgIpc) is 2.48. The van der Waals surface area contributed by atoms with Crippen molar-refractivity contribution in [3.05, 3.63) is 23.4 Å². The quantitative estimate of drug-likeness (QED) is 0.719. The highest BCUT2D eigenvalue weighted by Gasteiger charge is 2.15. The first-order chi connectivity index (χ1) is 10.2. The third-order valence-corrected chi connectivity index (χ3v) is 3.77. The molecule has 0 aliphatic heterocycles. The van der Waals surface area contributed by atoms with Gasteiger partial charge in [0.25, 0.3) is 0 Å². The van der Waals surface area contributed by atoms with Gasteiger partial charge in [0.2, 0.25) is 0 Å². The summed E-state index contributed by atoms with van der Waals surface area (Å²) in [4.78, 5) is 7.23. The van der Waals surface area contributed by atoms with Gasteiger partial charge in [0, 0.05) is 31.9 Å². The van der Waals surface area contributed by atoms with Gasteiger partial charge in [-0.05, 0) is 44.5 Å². The second kappa shape index (κ2) is 9.74. The summed E-state index contributed by atoms with van der Waals surface area (Å²) in [5.74, 6) is 1.08. The maximum Gasteiger partial charge on any atom is 0.129 e. The molecule has 0 saturated carbocycles. The predicted molar refractivity (Wildman–Crippen MR) is 90.0 cm³/mol. The molecule has 0 aromatic carbocycles. The Morgan fingerprint density at radius 1 is 1.33 bits per heavy atom. The smallest absolute Gasteiger partial charge is 0.129 e. The maximum atomic E-state index is 5.26. The molecule has 0 fully saturated rings. The van der Waals surface area contributed by atoms with Crippen molar-refractivity contribution in [2.24, 2.45) is 0 Å². The zero-order valence-corrected chi connectivity index (χ0v) is 14.3. The average molecular weight is 293 g/mol. The fraction of sp³-hybridized carbons (Fsp3) is 0.706. The summed E-state index contributed by atoms with van der Waals surface area (Å²) in [7, 11) is 3.74. The van der Waals surface area contributed by atoms with Crippen LogP contribution in [0.15, 0.2) is 12.1 Å². The van der Waals surface area contributed by atoms with E-state index >= 15 is 0 Å². The minimum absolute atomic E-state index is 0.465. The molecule has 1 heterocycles. The molecule has 21 heavy (non-hydrogen) atoms. The highest BCUT2D eigenvalue weighted by atomic mass is 16.5. The van der Waals surface area contributed by atoms with Crippen molar-refractivity contribution >= 4 is 5.82 Å². The van der Waals surface area contributed by atoms with Crippen LogP contribution in [0.25, 0.3) is 0 Å². The molecule has 0 aliphatic carbocycles. The lowest BCUT2D eigenvalue weighted by molar-refractivity contribution is 0.203. The van der Waals surface area contributed by atoms with Crippen molar-refractivity contribution in [3.8, 4) is 0 Å². The van der Waals surface area contributed by atoms with Gasteiger partial charge in [0.05, 0.1) is 6.61 Å². The molecule has 1 aromatic heterocycles. The number of nitrogens with zero attached hydrogens (tertiary/aromatic N) is 2. The lowest BCUT2D eigenvalue weighted by atomic mass is 10.1. The summed E-state index contributed by atoms with van der Waals surface area (Å²) in [6.45, 7) is 9.16. The fourth-order valence-corrected chi connectivity index (χ4v) is 2.44. The highest BCUT2D eigenvalue weighted by molar-refractivity contribution is 5.44. The fourth-order valence-electron chi connectivity index (χ4n) is 2.44. The Labute approximate surface area is 129 Å². The number of aryl methyl sites for hydroxylation is 1. The molecule has 1 atom stereocenters. The van der Waals surface area contributed by atoms with Crippen molar-refractivity contribution in [2.75, 3.05) is 32.2 Å². The maximum absolute atomic E-state index is 5.26. The summed E-state index contributed by atoms with van der Waals surface area (Å²) in [5, 5.41) is 3.23. The van der Waals surface area contributed by atoms with Gasteiger partial charge in [-0.1, -0.05) is 20.3 Å². The first-order valence-electron chi connectivity index (χ1n) is 8.06. The number of rotatable bonds is 10. The molecule has 0 spiro atoms. The van der Waals surface area contributed by atoms with Gasteiger partial charge in [0.1, 0.15) is 5.82 Å². The van der Waals surface area contributed by atoms with E-state index in [2.05, 4.69) is 43.1 Å². The van der Waals surface area contributed by atoms with Crippen molar-refractivity contribution in [3.63, 3.8) is 0 Å². The molecule has 0 saturated heterocycles. The summed E-state index contributed by atoms with van der Waals surface area (Å²) >= 11 is 0. The van der Waals surface area contributed by atoms with Crippen LogP contribution < -0.4 is 10.2 Å². The topological polar surface area (TPSA) is 37.4 Å². The van der Waals surface area contributed by atoms with E-state index in [9.17, 15) is 0 Å². The Bertz CT molecular complexity index is 385. The van der Waals surface area contributed by atoms with Crippen LogP contribution in [0.2, 0.25) is 0 Å². The Hall–Kier alpha value is -1.13. The van der Waals surface area contributed by atoms with Crippen LogP contribution in [-0.2, 0) is 17.7 Å². The molecule has 0 aliphatic rings. The van der Waals surface area contributed by atoms with Gasteiger partial charge in [0.15, 0.2) is 0 Å². The van der Waals surface area contributed by atoms with Crippen LogP contribution >= 0.6 is 0 Å². The number of ether oxygens (including phenoxy) is 1. The van der Waals surface area contributed by atoms with E-state index in [1.807, 2.05) is 7.05 Å². The molecule has 0 radical (unpaired) electrons. The zero-order valence-electron chi connectivity index (χ0n) is 14.3. The first-order valence-corrected chi connectivity index (χ1v) is 8.06. The predicted octanol–water partition coefficient (Wildman–Crippen LogP) is 3.00. The first kappa shape index (κ1) is 17.9. The lowest BCUT2D eigenvalue weighted by Crippen LogP contribution is -2.36. The van der Waals surface area contributed by atoms with Crippen molar-refractivity contribution < 1.29 is 4.74 Å². The third-order valence-electron chi connectivity index (χ3n) is 3.77. The highest BCUT2D eigenvalue weighted by Crippen LogP contribution is 2.20. The van der Waals surface area contributed by atoms with E-state index < -0.39 is 0 Å². The summed E-state index contributed by atoms with van der Waals surface area (Å²) in [6, 6.07) is 4.89. The molecule has 1 aromatic rings. The minimum atomic E-state index is 0.465. The molecule has 0 bridgehead atoms. The Balaban J connectivity index is 3.08. The molecule has 1 unspecified atom stereocenters. The number of hydrogen-bond donors (Lipinski definition) is 1. The van der Waals surface area contributed by atoms with Gasteiger partial charge in [-0.3, -0.25) is 0 Å². The van der Waals surface area contributed by atoms with Crippen molar-refractivity contribution in [1.82, 2.24) is 10.3 Å². The number of methoxy groups -OCH3 is 1. The second-order valence-corrected chi connectivity index (χ2v) is 5.55. The summed E-state index contributed by atoms with van der Waals surface area (Å²) in [5.41, 5.74) is 2.49. The monoisotopic (exact) mass is 293 g/mol. The SMILES string of the molecule is CCCc1cc(CNC)cc(N(CCOC)C(C)CC)n1. The van der Waals surface area contributed by atoms with Gasteiger partial charge < -0.3 is 15.0 Å².